The summed E-state index contributed by atoms with van der Waals surface area (Å²) < 4.78 is 1.88. The molecule has 0 fully saturated rings. The van der Waals surface area contributed by atoms with Crippen molar-refractivity contribution in [3.05, 3.63) is 35.7 Å². The van der Waals surface area contributed by atoms with Gasteiger partial charge in [-0.3, -0.25) is 4.57 Å². The fourth-order valence-electron chi connectivity index (χ4n) is 1.40. The third-order valence-electron chi connectivity index (χ3n) is 2.01. The van der Waals surface area contributed by atoms with Gasteiger partial charge in [0, 0.05) is 23.8 Å². The molecule has 0 bridgehead atoms. The average Bonchev–Trinajstić information content (AvgIpc) is 2.49. The number of hydrogen-bond donors (Lipinski definition) is 0. The van der Waals surface area contributed by atoms with Gasteiger partial charge in [-0.1, -0.05) is 0 Å². The van der Waals surface area contributed by atoms with Crippen molar-refractivity contribution in [2.24, 2.45) is 0 Å². The van der Waals surface area contributed by atoms with Crippen molar-refractivity contribution < 1.29 is 0 Å². The molecule has 4 heteroatoms. The standard InChI is InChI=1S/C10H12N4/c1-7-6-8(2)13-10(12-7)14-5-4-11-9(14)3/h4-6H,1-3H3. The number of hydrogen-bond acceptors (Lipinski definition) is 3. The summed E-state index contributed by atoms with van der Waals surface area (Å²) in [6.07, 6.45) is 3.61. The second-order valence-electron chi connectivity index (χ2n) is 3.30. The van der Waals surface area contributed by atoms with E-state index in [4.69, 9.17) is 0 Å². The predicted molar refractivity (Wildman–Crippen MR) is 53.4 cm³/mol. The van der Waals surface area contributed by atoms with Crippen LogP contribution in [0.15, 0.2) is 18.5 Å². The van der Waals surface area contributed by atoms with Gasteiger partial charge in [-0.25, -0.2) is 15.0 Å². The fourth-order valence-corrected chi connectivity index (χ4v) is 1.40. The van der Waals surface area contributed by atoms with Crippen molar-refractivity contribution in [3.8, 4) is 5.95 Å². The van der Waals surface area contributed by atoms with Crippen LogP contribution in [-0.2, 0) is 0 Å². The number of imidazole rings is 1. The minimum absolute atomic E-state index is 0.692. The number of aryl methyl sites for hydroxylation is 3. The molecule has 72 valence electrons. The maximum atomic E-state index is 4.35. The monoisotopic (exact) mass is 188 g/mol. The van der Waals surface area contributed by atoms with Gasteiger partial charge in [0.05, 0.1) is 0 Å². The Hall–Kier alpha value is -1.71. The molecule has 0 saturated heterocycles. The van der Waals surface area contributed by atoms with Gasteiger partial charge in [-0.2, -0.15) is 0 Å². The van der Waals surface area contributed by atoms with Gasteiger partial charge < -0.3 is 0 Å². The van der Waals surface area contributed by atoms with Crippen LogP contribution in [0.25, 0.3) is 5.95 Å². The quantitative estimate of drug-likeness (QED) is 0.682. The Morgan fingerprint density at radius 1 is 1.07 bits per heavy atom. The normalized spacial score (nSPS) is 10.5. The lowest BCUT2D eigenvalue weighted by Crippen LogP contribution is -2.04. The molecular formula is C10H12N4. The Kier molecular flexibility index (Phi) is 2.04. The predicted octanol–water partition coefficient (Wildman–Crippen LogP) is 1.59. The van der Waals surface area contributed by atoms with Crippen LogP contribution in [0.1, 0.15) is 17.2 Å². The molecular weight excluding hydrogens is 176 g/mol. The maximum Gasteiger partial charge on any atom is 0.235 e. The molecule has 0 radical (unpaired) electrons. The molecule has 0 unspecified atom stereocenters. The zero-order chi connectivity index (χ0) is 10.1. The molecule has 2 aromatic rings. The molecule has 4 nitrogen and oxygen atoms in total. The first-order valence-electron chi connectivity index (χ1n) is 4.49. The van der Waals surface area contributed by atoms with Crippen LogP contribution in [0.5, 0.6) is 0 Å². The van der Waals surface area contributed by atoms with Gasteiger partial charge in [0.1, 0.15) is 5.82 Å². The topological polar surface area (TPSA) is 43.6 Å². The lowest BCUT2D eigenvalue weighted by molar-refractivity contribution is 0.860. The number of nitrogens with zero attached hydrogens (tertiary/aromatic N) is 4. The van der Waals surface area contributed by atoms with Crippen molar-refractivity contribution in [3.63, 3.8) is 0 Å². The van der Waals surface area contributed by atoms with E-state index in [1.807, 2.05) is 37.6 Å². The zero-order valence-corrected chi connectivity index (χ0v) is 8.52. The molecule has 0 atom stereocenters. The minimum Gasteiger partial charge on any atom is -0.272 e. The summed E-state index contributed by atoms with van der Waals surface area (Å²) in [6, 6.07) is 1.95. The molecule has 0 aliphatic heterocycles. The van der Waals surface area contributed by atoms with Crippen LogP contribution in [0.2, 0.25) is 0 Å². The summed E-state index contributed by atoms with van der Waals surface area (Å²) in [5, 5.41) is 0. The molecule has 0 saturated carbocycles. The van der Waals surface area contributed by atoms with Gasteiger partial charge in [0.15, 0.2) is 0 Å². The minimum atomic E-state index is 0.692. The van der Waals surface area contributed by atoms with Crippen LogP contribution >= 0.6 is 0 Å². The molecule has 2 rings (SSSR count). The first-order valence-corrected chi connectivity index (χ1v) is 4.49. The molecule has 0 spiro atoms. The SMILES string of the molecule is Cc1cc(C)nc(-n2ccnc2C)n1. The second-order valence-corrected chi connectivity index (χ2v) is 3.30. The van der Waals surface area contributed by atoms with E-state index in [0.717, 1.165) is 17.2 Å². The Morgan fingerprint density at radius 3 is 2.21 bits per heavy atom. The van der Waals surface area contributed by atoms with E-state index in [1.54, 1.807) is 6.20 Å². The first-order chi connectivity index (χ1) is 6.66. The Morgan fingerprint density at radius 2 is 1.71 bits per heavy atom. The van der Waals surface area contributed by atoms with Crippen molar-refractivity contribution >= 4 is 0 Å². The van der Waals surface area contributed by atoms with Crippen molar-refractivity contribution in [2.45, 2.75) is 20.8 Å². The lowest BCUT2D eigenvalue weighted by atomic mass is 10.4. The van der Waals surface area contributed by atoms with Gasteiger partial charge in [0.2, 0.25) is 5.95 Å². The lowest BCUT2D eigenvalue weighted by Gasteiger charge is -2.04. The maximum absolute atomic E-state index is 4.35. The summed E-state index contributed by atoms with van der Waals surface area (Å²) in [5.41, 5.74) is 1.95. The van der Waals surface area contributed by atoms with Gasteiger partial charge >= 0.3 is 0 Å². The van der Waals surface area contributed by atoms with Crippen molar-refractivity contribution in [2.75, 3.05) is 0 Å². The highest BCUT2D eigenvalue weighted by Crippen LogP contribution is 2.06. The number of rotatable bonds is 1. The molecule has 14 heavy (non-hydrogen) atoms. The van der Waals surface area contributed by atoms with Crippen LogP contribution in [0.3, 0.4) is 0 Å². The molecule has 0 amide bonds. The van der Waals surface area contributed by atoms with Gasteiger partial charge in [-0.05, 0) is 26.8 Å². The first kappa shape index (κ1) is 8.87. The van der Waals surface area contributed by atoms with E-state index in [9.17, 15) is 0 Å². The summed E-state index contributed by atoms with van der Waals surface area (Å²) in [6.45, 7) is 5.86. The number of aromatic nitrogens is 4. The summed E-state index contributed by atoms with van der Waals surface area (Å²) in [4.78, 5) is 12.8. The van der Waals surface area contributed by atoms with E-state index in [0.29, 0.717) is 5.95 Å². The van der Waals surface area contributed by atoms with Crippen molar-refractivity contribution in [1.29, 1.82) is 0 Å². The largest absolute Gasteiger partial charge is 0.272 e. The average molecular weight is 188 g/mol. The van der Waals surface area contributed by atoms with Crippen LogP contribution in [-0.4, -0.2) is 19.5 Å². The third-order valence-corrected chi connectivity index (χ3v) is 2.01. The van der Waals surface area contributed by atoms with Gasteiger partial charge in [0.25, 0.3) is 0 Å². The molecule has 0 N–H and O–H groups in total. The summed E-state index contributed by atoms with van der Waals surface area (Å²) in [7, 11) is 0. The van der Waals surface area contributed by atoms with Crippen LogP contribution in [0, 0.1) is 20.8 Å². The van der Waals surface area contributed by atoms with E-state index in [1.165, 1.54) is 0 Å². The van der Waals surface area contributed by atoms with E-state index >= 15 is 0 Å². The van der Waals surface area contributed by atoms with E-state index in [-0.39, 0.29) is 0 Å². The van der Waals surface area contributed by atoms with E-state index in [2.05, 4.69) is 15.0 Å². The molecule has 0 aliphatic rings. The Balaban J connectivity index is 2.57. The van der Waals surface area contributed by atoms with Crippen LogP contribution < -0.4 is 0 Å². The molecule has 2 heterocycles. The highest BCUT2D eigenvalue weighted by Gasteiger charge is 2.04. The highest BCUT2D eigenvalue weighted by atomic mass is 15.2. The molecule has 0 aliphatic carbocycles. The third kappa shape index (κ3) is 1.51. The highest BCUT2D eigenvalue weighted by molar-refractivity contribution is 5.20. The van der Waals surface area contributed by atoms with E-state index < -0.39 is 0 Å². The summed E-state index contributed by atoms with van der Waals surface area (Å²) >= 11 is 0. The second kappa shape index (κ2) is 3.21. The smallest absolute Gasteiger partial charge is 0.235 e. The van der Waals surface area contributed by atoms with Gasteiger partial charge in [-0.15, -0.1) is 0 Å². The molecule has 0 aromatic carbocycles. The molecule has 2 aromatic heterocycles. The Labute approximate surface area is 82.7 Å². The fraction of sp³-hybridized carbons (Fsp3) is 0.300. The Bertz CT molecular complexity index is 439. The van der Waals surface area contributed by atoms with Crippen molar-refractivity contribution in [1.82, 2.24) is 19.5 Å². The summed E-state index contributed by atoms with van der Waals surface area (Å²) in [5.74, 6) is 1.59. The van der Waals surface area contributed by atoms with Crippen LogP contribution in [0.4, 0.5) is 0 Å². The zero-order valence-electron chi connectivity index (χ0n) is 8.52.